The van der Waals surface area contributed by atoms with Crippen molar-refractivity contribution in [3.8, 4) is 0 Å². The van der Waals surface area contributed by atoms with Gasteiger partial charge in [-0.3, -0.25) is 0 Å². The maximum absolute atomic E-state index is 11.8. The van der Waals surface area contributed by atoms with Gasteiger partial charge in [-0.15, -0.1) is 0 Å². The van der Waals surface area contributed by atoms with Crippen LogP contribution in [-0.4, -0.2) is 38.0 Å². The van der Waals surface area contributed by atoms with Crippen molar-refractivity contribution >= 4 is 23.3 Å². The molecule has 0 aromatic heterocycles. The summed E-state index contributed by atoms with van der Waals surface area (Å²) in [6, 6.07) is 6.53. The molecule has 19 heavy (non-hydrogen) atoms. The number of rotatable bonds is 4. The summed E-state index contributed by atoms with van der Waals surface area (Å²) in [5.74, 6) is 0. The van der Waals surface area contributed by atoms with E-state index in [9.17, 15) is 4.79 Å². The first kappa shape index (κ1) is 14.1. The molecular formula is C13H17ClN2O3. The third-order valence-corrected chi connectivity index (χ3v) is 3.08. The van der Waals surface area contributed by atoms with Gasteiger partial charge in [0, 0.05) is 17.3 Å². The van der Waals surface area contributed by atoms with Crippen LogP contribution in [0.4, 0.5) is 10.5 Å². The molecular weight excluding hydrogens is 268 g/mol. The molecule has 0 unspecified atom stereocenters. The van der Waals surface area contributed by atoms with Gasteiger partial charge in [0.05, 0.1) is 19.3 Å². The third-order valence-electron chi connectivity index (χ3n) is 2.83. The van der Waals surface area contributed by atoms with Crippen LogP contribution in [0.2, 0.25) is 5.02 Å². The maximum atomic E-state index is 11.8. The van der Waals surface area contributed by atoms with Crippen molar-refractivity contribution in [3.63, 3.8) is 0 Å². The lowest BCUT2D eigenvalue weighted by atomic mass is 10.2. The number of benzene rings is 1. The number of hydrogen-bond donors (Lipinski definition) is 2. The minimum absolute atomic E-state index is 0.0824. The third kappa shape index (κ3) is 4.09. The van der Waals surface area contributed by atoms with E-state index in [1.165, 1.54) is 0 Å². The van der Waals surface area contributed by atoms with Gasteiger partial charge in [0.15, 0.2) is 0 Å². The second-order valence-electron chi connectivity index (χ2n) is 4.24. The molecule has 0 radical (unpaired) electrons. The standard InChI is InChI=1S/C13H17ClN2O3/c1-2-19-12-8-18-7-11(12)16-13(17)15-10-5-3-9(14)4-6-10/h3-6,11-12H,2,7-8H2,1H3,(H2,15,16,17)/t11-,12-/m0/s1. The highest BCUT2D eigenvalue weighted by molar-refractivity contribution is 6.30. The summed E-state index contributed by atoms with van der Waals surface area (Å²) in [5, 5.41) is 6.21. The molecule has 0 spiro atoms. The van der Waals surface area contributed by atoms with Gasteiger partial charge >= 0.3 is 6.03 Å². The fourth-order valence-corrected chi connectivity index (χ4v) is 2.04. The molecule has 0 aliphatic carbocycles. The monoisotopic (exact) mass is 284 g/mol. The summed E-state index contributed by atoms with van der Waals surface area (Å²) in [5.41, 5.74) is 0.689. The van der Waals surface area contributed by atoms with Gasteiger partial charge in [-0.1, -0.05) is 11.6 Å². The Labute approximate surface area is 117 Å². The SMILES string of the molecule is CCO[C@H]1COC[C@@H]1NC(=O)Nc1ccc(Cl)cc1. The molecule has 1 aliphatic rings. The number of carbonyl (C=O) groups is 1. The van der Waals surface area contributed by atoms with Crippen LogP contribution in [0.1, 0.15) is 6.92 Å². The largest absolute Gasteiger partial charge is 0.376 e. The van der Waals surface area contributed by atoms with E-state index in [-0.39, 0.29) is 18.2 Å². The first-order valence-corrected chi connectivity index (χ1v) is 6.59. The Balaban J connectivity index is 1.85. The van der Waals surface area contributed by atoms with Gasteiger partial charge in [0.1, 0.15) is 6.10 Å². The van der Waals surface area contributed by atoms with Crippen LogP contribution < -0.4 is 10.6 Å². The number of ether oxygens (including phenoxy) is 2. The highest BCUT2D eigenvalue weighted by Gasteiger charge is 2.29. The molecule has 6 heteroatoms. The lowest BCUT2D eigenvalue weighted by Crippen LogP contribution is -2.45. The minimum Gasteiger partial charge on any atom is -0.376 e. The Morgan fingerprint density at radius 1 is 1.42 bits per heavy atom. The molecule has 2 amide bonds. The van der Waals surface area contributed by atoms with E-state index in [0.717, 1.165) is 0 Å². The van der Waals surface area contributed by atoms with Crippen LogP contribution in [0.3, 0.4) is 0 Å². The summed E-state index contributed by atoms with van der Waals surface area (Å²) < 4.78 is 10.8. The Kier molecular flexibility index (Phi) is 5.01. The number of nitrogens with one attached hydrogen (secondary N) is 2. The van der Waals surface area contributed by atoms with Gasteiger partial charge in [-0.2, -0.15) is 0 Å². The van der Waals surface area contributed by atoms with E-state index in [4.69, 9.17) is 21.1 Å². The molecule has 5 nitrogen and oxygen atoms in total. The van der Waals surface area contributed by atoms with Gasteiger partial charge in [0.2, 0.25) is 0 Å². The van der Waals surface area contributed by atoms with E-state index in [2.05, 4.69) is 10.6 Å². The summed E-state index contributed by atoms with van der Waals surface area (Å²) in [4.78, 5) is 11.8. The lowest BCUT2D eigenvalue weighted by molar-refractivity contribution is 0.0428. The number of urea groups is 1. The van der Waals surface area contributed by atoms with Crippen LogP contribution in [-0.2, 0) is 9.47 Å². The van der Waals surface area contributed by atoms with Crippen LogP contribution in [0.25, 0.3) is 0 Å². The summed E-state index contributed by atoms with van der Waals surface area (Å²) in [6.07, 6.45) is -0.0824. The Bertz CT molecular complexity index is 424. The zero-order chi connectivity index (χ0) is 13.7. The molecule has 0 bridgehead atoms. The van der Waals surface area contributed by atoms with Crippen LogP contribution in [0, 0.1) is 0 Å². The molecule has 1 aliphatic heterocycles. The number of hydrogen-bond acceptors (Lipinski definition) is 3. The molecule has 0 saturated carbocycles. The topological polar surface area (TPSA) is 59.6 Å². The number of amides is 2. The highest BCUT2D eigenvalue weighted by Crippen LogP contribution is 2.14. The highest BCUT2D eigenvalue weighted by atomic mass is 35.5. The molecule has 2 N–H and O–H groups in total. The van der Waals surface area contributed by atoms with Gasteiger partial charge in [-0.05, 0) is 31.2 Å². The van der Waals surface area contributed by atoms with E-state index >= 15 is 0 Å². The van der Waals surface area contributed by atoms with Crippen molar-refractivity contribution in [2.45, 2.75) is 19.1 Å². The molecule has 1 fully saturated rings. The number of anilines is 1. The zero-order valence-electron chi connectivity index (χ0n) is 10.7. The normalized spacial score (nSPS) is 22.2. The van der Waals surface area contributed by atoms with Crippen molar-refractivity contribution in [1.29, 1.82) is 0 Å². The lowest BCUT2D eigenvalue weighted by Gasteiger charge is -2.19. The van der Waals surface area contributed by atoms with E-state index < -0.39 is 0 Å². The zero-order valence-corrected chi connectivity index (χ0v) is 11.4. The maximum Gasteiger partial charge on any atom is 0.319 e. The molecule has 2 atom stereocenters. The summed E-state index contributed by atoms with van der Waals surface area (Å²) >= 11 is 5.78. The number of carbonyl (C=O) groups excluding carboxylic acids is 1. The quantitative estimate of drug-likeness (QED) is 0.892. The fraction of sp³-hybridized carbons (Fsp3) is 0.462. The van der Waals surface area contributed by atoms with Crippen LogP contribution in [0.5, 0.6) is 0 Å². The molecule has 2 rings (SSSR count). The van der Waals surface area contributed by atoms with Gasteiger partial charge < -0.3 is 20.1 Å². The van der Waals surface area contributed by atoms with Crippen molar-refractivity contribution in [1.82, 2.24) is 5.32 Å². The average Bonchev–Trinajstić information content (AvgIpc) is 2.80. The fourth-order valence-electron chi connectivity index (χ4n) is 1.92. The molecule has 1 heterocycles. The van der Waals surface area contributed by atoms with Gasteiger partial charge in [-0.25, -0.2) is 4.79 Å². The predicted molar refractivity (Wildman–Crippen MR) is 73.6 cm³/mol. The summed E-state index contributed by atoms with van der Waals surface area (Å²) in [7, 11) is 0. The number of halogens is 1. The van der Waals surface area contributed by atoms with Crippen molar-refractivity contribution in [2.75, 3.05) is 25.1 Å². The van der Waals surface area contributed by atoms with Crippen molar-refractivity contribution in [3.05, 3.63) is 29.3 Å². The first-order chi connectivity index (χ1) is 9.19. The Morgan fingerprint density at radius 3 is 2.84 bits per heavy atom. The molecule has 1 aromatic carbocycles. The Hall–Kier alpha value is -1.30. The van der Waals surface area contributed by atoms with Crippen molar-refractivity contribution < 1.29 is 14.3 Å². The summed E-state index contributed by atoms with van der Waals surface area (Å²) in [6.45, 7) is 3.51. The molecule has 104 valence electrons. The second-order valence-corrected chi connectivity index (χ2v) is 4.68. The minimum atomic E-state index is -0.275. The van der Waals surface area contributed by atoms with E-state index in [1.807, 2.05) is 6.92 Å². The van der Waals surface area contributed by atoms with Gasteiger partial charge in [0.25, 0.3) is 0 Å². The van der Waals surface area contributed by atoms with Crippen LogP contribution in [0.15, 0.2) is 24.3 Å². The van der Waals surface area contributed by atoms with Crippen molar-refractivity contribution in [2.24, 2.45) is 0 Å². The predicted octanol–water partition coefficient (Wildman–Crippen LogP) is 2.27. The average molecular weight is 285 g/mol. The Morgan fingerprint density at radius 2 is 2.16 bits per heavy atom. The smallest absolute Gasteiger partial charge is 0.319 e. The first-order valence-electron chi connectivity index (χ1n) is 6.21. The second kappa shape index (κ2) is 6.75. The molecule has 1 saturated heterocycles. The molecule has 1 aromatic rings. The van der Waals surface area contributed by atoms with E-state index in [0.29, 0.717) is 30.5 Å². The van der Waals surface area contributed by atoms with Crippen LogP contribution >= 0.6 is 11.6 Å². The van der Waals surface area contributed by atoms with E-state index in [1.54, 1.807) is 24.3 Å².